The second kappa shape index (κ2) is 6.77. The second-order valence-corrected chi connectivity index (χ2v) is 5.74. The van der Waals surface area contributed by atoms with Crippen LogP contribution in [0.2, 0.25) is 0 Å². The van der Waals surface area contributed by atoms with Crippen molar-refractivity contribution in [2.45, 2.75) is 44.1 Å². The van der Waals surface area contributed by atoms with Crippen molar-refractivity contribution in [3.05, 3.63) is 29.6 Å². The summed E-state index contributed by atoms with van der Waals surface area (Å²) in [5.41, 5.74) is -0.229. The molecule has 2 N–H and O–H groups in total. The minimum Gasteiger partial charge on any atom is -0.496 e. The highest BCUT2D eigenvalue weighted by Gasteiger charge is 2.37. The molecule has 1 fully saturated rings. The maximum atomic E-state index is 13.3. The molecule has 0 heterocycles. The standard InChI is InChI=1S/C16H20FNO4/c1-22-13-5-4-12(17)8-11(13)9-14(19)18-16(10-15(20)21)6-2-3-7-16/h4-5,8H,2-3,6-7,9-10H2,1H3,(H,18,19)(H,20,21). The van der Waals surface area contributed by atoms with Crippen LogP contribution in [0.3, 0.4) is 0 Å². The molecule has 1 aromatic rings. The van der Waals surface area contributed by atoms with Gasteiger partial charge in [0.25, 0.3) is 0 Å². The topological polar surface area (TPSA) is 75.6 Å². The SMILES string of the molecule is COc1ccc(F)cc1CC(=O)NC1(CC(=O)O)CCCC1. The number of amides is 1. The summed E-state index contributed by atoms with van der Waals surface area (Å²) in [6, 6.07) is 4.00. The number of ether oxygens (including phenoxy) is 1. The van der Waals surface area contributed by atoms with Gasteiger partial charge in [0.15, 0.2) is 0 Å². The molecule has 2 rings (SSSR count). The van der Waals surface area contributed by atoms with E-state index in [1.807, 2.05) is 0 Å². The minimum atomic E-state index is -0.925. The van der Waals surface area contributed by atoms with Crippen LogP contribution in [0.4, 0.5) is 4.39 Å². The Hall–Kier alpha value is -2.11. The molecule has 1 aromatic carbocycles. The zero-order chi connectivity index (χ0) is 16.2. The van der Waals surface area contributed by atoms with Gasteiger partial charge < -0.3 is 15.2 Å². The van der Waals surface area contributed by atoms with E-state index in [-0.39, 0.29) is 18.7 Å². The highest BCUT2D eigenvalue weighted by atomic mass is 19.1. The summed E-state index contributed by atoms with van der Waals surface area (Å²) in [4.78, 5) is 23.3. The van der Waals surface area contributed by atoms with Gasteiger partial charge in [0.1, 0.15) is 11.6 Å². The molecule has 0 unspecified atom stereocenters. The van der Waals surface area contributed by atoms with E-state index in [4.69, 9.17) is 9.84 Å². The predicted molar refractivity (Wildman–Crippen MR) is 78.3 cm³/mol. The fourth-order valence-corrected chi connectivity index (χ4v) is 3.09. The molecule has 0 bridgehead atoms. The summed E-state index contributed by atoms with van der Waals surface area (Å²) in [5, 5.41) is 11.9. The van der Waals surface area contributed by atoms with E-state index in [0.29, 0.717) is 24.2 Å². The zero-order valence-electron chi connectivity index (χ0n) is 12.5. The molecular weight excluding hydrogens is 289 g/mol. The van der Waals surface area contributed by atoms with Crippen molar-refractivity contribution in [3.8, 4) is 5.75 Å². The van der Waals surface area contributed by atoms with Gasteiger partial charge in [-0.2, -0.15) is 0 Å². The molecule has 0 aliphatic heterocycles. The van der Waals surface area contributed by atoms with Gasteiger partial charge in [0, 0.05) is 5.56 Å². The molecule has 5 nitrogen and oxygen atoms in total. The third kappa shape index (κ3) is 3.96. The van der Waals surface area contributed by atoms with E-state index in [9.17, 15) is 14.0 Å². The van der Waals surface area contributed by atoms with Crippen LogP contribution in [0.25, 0.3) is 0 Å². The lowest BCUT2D eigenvalue weighted by atomic mass is 9.92. The van der Waals surface area contributed by atoms with E-state index >= 15 is 0 Å². The van der Waals surface area contributed by atoms with Crippen LogP contribution in [0.15, 0.2) is 18.2 Å². The summed E-state index contributed by atoms with van der Waals surface area (Å²) in [6.45, 7) is 0. The Labute approximate surface area is 128 Å². The normalized spacial score (nSPS) is 16.3. The highest BCUT2D eigenvalue weighted by Crippen LogP contribution is 2.33. The van der Waals surface area contributed by atoms with E-state index in [1.54, 1.807) is 0 Å². The lowest BCUT2D eigenvalue weighted by Gasteiger charge is -2.28. The van der Waals surface area contributed by atoms with Crippen LogP contribution >= 0.6 is 0 Å². The number of carbonyl (C=O) groups is 2. The molecule has 1 saturated carbocycles. The van der Waals surface area contributed by atoms with Crippen LogP contribution in [0.5, 0.6) is 5.75 Å². The average Bonchev–Trinajstić information content (AvgIpc) is 2.85. The fourth-order valence-electron chi connectivity index (χ4n) is 3.09. The monoisotopic (exact) mass is 309 g/mol. The van der Waals surface area contributed by atoms with Crippen molar-refractivity contribution < 1.29 is 23.8 Å². The summed E-state index contributed by atoms with van der Waals surface area (Å²) in [6.07, 6.45) is 2.99. The molecule has 0 spiro atoms. The van der Waals surface area contributed by atoms with Gasteiger partial charge in [-0.3, -0.25) is 9.59 Å². The summed E-state index contributed by atoms with van der Waals surface area (Å²) < 4.78 is 18.4. The summed E-state index contributed by atoms with van der Waals surface area (Å²) >= 11 is 0. The van der Waals surface area contributed by atoms with Crippen molar-refractivity contribution >= 4 is 11.9 Å². The van der Waals surface area contributed by atoms with Crippen molar-refractivity contribution in [1.29, 1.82) is 0 Å². The smallest absolute Gasteiger partial charge is 0.305 e. The lowest BCUT2D eigenvalue weighted by molar-refractivity contribution is -0.139. The van der Waals surface area contributed by atoms with Crippen molar-refractivity contribution in [3.63, 3.8) is 0 Å². The number of rotatable bonds is 6. The Balaban J connectivity index is 2.08. The Morgan fingerprint density at radius 1 is 1.36 bits per heavy atom. The van der Waals surface area contributed by atoms with Gasteiger partial charge in [0.2, 0.25) is 5.91 Å². The van der Waals surface area contributed by atoms with Crippen molar-refractivity contribution in [2.75, 3.05) is 7.11 Å². The van der Waals surface area contributed by atoms with Crippen molar-refractivity contribution in [2.24, 2.45) is 0 Å². The van der Waals surface area contributed by atoms with E-state index in [1.165, 1.54) is 25.3 Å². The van der Waals surface area contributed by atoms with Crippen LogP contribution in [-0.4, -0.2) is 29.6 Å². The van der Waals surface area contributed by atoms with Crippen LogP contribution in [0, 0.1) is 5.82 Å². The Morgan fingerprint density at radius 3 is 2.64 bits per heavy atom. The number of methoxy groups -OCH3 is 1. The molecule has 1 amide bonds. The fraction of sp³-hybridized carbons (Fsp3) is 0.500. The van der Waals surface area contributed by atoms with Gasteiger partial charge in [-0.15, -0.1) is 0 Å². The van der Waals surface area contributed by atoms with Gasteiger partial charge >= 0.3 is 5.97 Å². The van der Waals surface area contributed by atoms with Gasteiger partial charge in [-0.05, 0) is 31.0 Å². The first-order chi connectivity index (χ1) is 10.4. The predicted octanol–water partition coefficient (Wildman–Crippen LogP) is 2.28. The van der Waals surface area contributed by atoms with Crippen molar-refractivity contribution in [1.82, 2.24) is 5.32 Å². The molecule has 0 aromatic heterocycles. The molecule has 0 atom stereocenters. The number of carboxylic acid groups (broad SMARTS) is 1. The number of aliphatic carboxylic acids is 1. The number of hydrogen-bond acceptors (Lipinski definition) is 3. The molecule has 1 aliphatic carbocycles. The molecule has 6 heteroatoms. The van der Waals surface area contributed by atoms with Gasteiger partial charge in [-0.25, -0.2) is 4.39 Å². The van der Waals surface area contributed by atoms with E-state index < -0.39 is 17.3 Å². The molecule has 0 radical (unpaired) electrons. The lowest BCUT2D eigenvalue weighted by Crippen LogP contribution is -2.48. The number of nitrogens with one attached hydrogen (secondary N) is 1. The molecule has 0 saturated heterocycles. The number of carbonyl (C=O) groups excluding carboxylic acids is 1. The van der Waals surface area contributed by atoms with Crippen LogP contribution < -0.4 is 10.1 Å². The largest absolute Gasteiger partial charge is 0.496 e. The van der Waals surface area contributed by atoms with E-state index in [2.05, 4.69) is 5.32 Å². The highest BCUT2D eigenvalue weighted by molar-refractivity contribution is 5.81. The number of carboxylic acids is 1. The summed E-state index contributed by atoms with van der Waals surface area (Å²) in [7, 11) is 1.46. The molecule has 22 heavy (non-hydrogen) atoms. The number of halogens is 1. The Kier molecular flexibility index (Phi) is 5.00. The first kappa shape index (κ1) is 16.3. The number of hydrogen-bond donors (Lipinski definition) is 2. The van der Waals surface area contributed by atoms with Gasteiger partial charge in [0.05, 0.1) is 25.5 Å². The Bertz CT molecular complexity index is 567. The third-order valence-electron chi connectivity index (χ3n) is 4.05. The van der Waals surface area contributed by atoms with Crippen LogP contribution in [-0.2, 0) is 16.0 Å². The first-order valence-corrected chi connectivity index (χ1v) is 7.29. The third-order valence-corrected chi connectivity index (χ3v) is 4.05. The quantitative estimate of drug-likeness (QED) is 0.845. The maximum Gasteiger partial charge on any atom is 0.305 e. The number of benzene rings is 1. The average molecular weight is 309 g/mol. The van der Waals surface area contributed by atoms with Crippen LogP contribution in [0.1, 0.15) is 37.7 Å². The van der Waals surface area contributed by atoms with Gasteiger partial charge in [-0.1, -0.05) is 12.8 Å². The second-order valence-electron chi connectivity index (χ2n) is 5.74. The van der Waals surface area contributed by atoms with E-state index in [0.717, 1.165) is 12.8 Å². The zero-order valence-corrected chi connectivity index (χ0v) is 12.5. The molecule has 1 aliphatic rings. The molecule has 120 valence electrons. The maximum absolute atomic E-state index is 13.3. The molecular formula is C16H20FNO4. The summed E-state index contributed by atoms with van der Waals surface area (Å²) in [5.74, 6) is -1.24. The first-order valence-electron chi connectivity index (χ1n) is 7.29. The minimum absolute atomic E-state index is 0.0394. The Morgan fingerprint density at radius 2 is 2.05 bits per heavy atom.